The van der Waals surface area contributed by atoms with Crippen molar-refractivity contribution in [3.05, 3.63) is 88.8 Å². The fourth-order valence-electron chi connectivity index (χ4n) is 5.40. The Labute approximate surface area is 262 Å². The van der Waals surface area contributed by atoms with Gasteiger partial charge in [0.15, 0.2) is 0 Å². The van der Waals surface area contributed by atoms with Crippen LogP contribution in [0.2, 0.25) is 0 Å². The van der Waals surface area contributed by atoms with Gasteiger partial charge in [0.1, 0.15) is 12.4 Å². The van der Waals surface area contributed by atoms with Crippen LogP contribution in [0.1, 0.15) is 53.3 Å². The van der Waals surface area contributed by atoms with Gasteiger partial charge in [-0.15, -0.1) is 10.2 Å². The molecule has 2 aromatic heterocycles. The molecule has 3 heterocycles. The Morgan fingerprint density at radius 2 is 1.62 bits per heavy atom. The fourth-order valence-corrected chi connectivity index (χ4v) is 5.40. The number of likely N-dealkylation sites (tertiary alicyclic amines) is 1. The number of carbonyl (C=O) groups excluding carboxylic acids is 2. The van der Waals surface area contributed by atoms with Crippen LogP contribution < -0.4 is 4.90 Å². The van der Waals surface area contributed by atoms with Gasteiger partial charge in [0.05, 0.1) is 17.5 Å². The van der Waals surface area contributed by atoms with Crippen molar-refractivity contribution in [2.75, 3.05) is 18.0 Å². The highest BCUT2D eigenvalue weighted by molar-refractivity contribution is 5.94. The monoisotopic (exact) mass is 662 g/mol. The van der Waals surface area contributed by atoms with E-state index in [1.54, 1.807) is 12.4 Å². The molecule has 6 rings (SSSR count). The Morgan fingerprint density at radius 1 is 0.915 bits per heavy atom. The number of hydrogen-bond donors (Lipinski definition) is 0. The minimum atomic E-state index is -5.18. The molecule has 1 unspecified atom stereocenters. The summed E-state index contributed by atoms with van der Waals surface area (Å²) >= 11 is 0. The highest BCUT2D eigenvalue weighted by atomic mass is 19.4. The van der Waals surface area contributed by atoms with Crippen LogP contribution >= 0.6 is 0 Å². The van der Waals surface area contributed by atoms with Gasteiger partial charge in [0.25, 0.3) is 5.89 Å². The summed E-state index contributed by atoms with van der Waals surface area (Å²) in [5, 5.41) is 7.81. The zero-order valence-electron chi connectivity index (χ0n) is 24.4. The maximum Gasteiger partial charge on any atom is 0.416 e. The Morgan fingerprint density at radius 3 is 2.26 bits per heavy atom. The number of anilines is 1. The number of hydrogen-bond acceptors (Lipinski definition) is 7. The largest absolute Gasteiger partial charge is 0.416 e. The molecule has 2 amide bonds. The molecule has 16 heteroatoms. The minimum absolute atomic E-state index is 0.0448. The lowest BCUT2D eigenvalue weighted by molar-refractivity contribution is -0.143. The summed E-state index contributed by atoms with van der Waals surface area (Å²) in [6, 6.07) is 5.47. The van der Waals surface area contributed by atoms with Gasteiger partial charge in [-0.3, -0.25) is 9.59 Å². The van der Waals surface area contributed by atoms with Crippen LogP contribution in [0.4, 0.5) is 36.4 Å². The van der Waals surface area contributed by atoms with Crippen molar-refractivity contribution in [3.8, 4) is 11.7 Å². The standard InChI is InChI=1S/C31H25F7N6O3/c32-22-5-7-23(8-6-22)44(26(45)11-18-3-4-21(30(33,34)35)12-24(18)31(36,37)38)16-25-41-42-28(47-25)27-39-13-20(14-40-27)19-9-10-43(15-19)29(46)17-1-2-17/h3-8,12-14,17,19H,1-2,9-11,15-16H2. The molecular weight excluding hydrogens is 637 g/mol. The van der Waals surface area contributed by atoms with Crippen LogP contribution in [0.5, 0.6) is 0 Å². The number of halogens is 7. The normalized spacial score (nSPS) is 16.8. The van der Waals surface area contributed by atoms with E-state index in [4.69, 9.17) is 4.42 Å². The molecule has 4 aromatic rings. The van der Waals surface area contributed by atoms with E-state index in [1.165, 1.54) is 12.1 Å². The fraction of sp³-hybridized carbons (Fsp3) is 0.355. The van der Waals surface area contributed by atoms with Crippen LogP contribution in [0.25, 0.3) is 11.7 Å². The van der Waals surface area contributed by atoms with Gasteiger partial charge in [-0.25, -0.2) is 14.4 Å². The molecule has 1 atom stereocenters. The molecular formula is C31H25F7N6O3. The van der Waals surface area contributed by atoms with Crippen LogP contribution in [0.3, 0.4) is 0 Å². The number of aromatic nitrogens is 4. The zero-order valence-corrected chi connectivity index (χ0v) is 24.4. The number of rotatable bonds is 8. The lowest BCUT2D eigenvalue weighted by Crippen LogP contribution is -2.32. The van der Waals surface area contributed by atoms with Crippen molar-refractivity contribution in [1.29, 1.82) is 0 Å². The maximum absolute atomic E-state index is 13.7. The van der Waals surface area contributed by atoms with Gasteiger partial charge in [-0.2, -0.15) is 26.3 Å². The quantitative estimate of drug-likeness (QED) is 0.207. The Hall–Kier alpha value is -4.89. The second-order valence-electron chi connectivity index (χ2n) is 11.4. The van der Waals surface area contributed by atoms with Crippen molar-refractivity contribution in [2.45, 2.75) is 50.5 Å². The summed E-state index contributed by atoms with van der Waals surface area (Å²) < 4.78 is 100.0. The topological polar surface area (TPSA) is 105 Å². The van der Waals surface area contributed by atoms with E-state index in [9.17, 15) is 40.3 Å². The first-order chi connectivity index (χ1) is 22.3. The third kappa shape index (κ3) is 7.25. The number of nitrogens with zero attached hydrogens (tertiary/aromatic N) is 6. The number of benzene rings is 2. The SMILES string of the molecule is O=C(C1CC1)N1CCC(c2cnc(-c3nnc(CN(C(=O)Cc4ccc(C(F)(F)F)cc4C(F)(F)F)c4ccc(F)cc4)o3)nc2)C1. The molecule has 1 saturated heterocycles. The first kappa shape index (κ1) is 32.1. The van der Waals surface area contributed by atoms with E-state index in [-0.39, 0.29) is 47.1 Å². The molecule has 0 spiro atoms. The summed E-state index contributed by atoms with van der Waals surface area (Å²) in [6.45, 7) is 0.770. The van der Waals surface area contributed by atoms with E-state index in [0.29, 0.717) is 25.2 Å². The molecule has 0 radical (unpaired) electrons. The minimum Gasteiger partial charge on any atom is -0.416 e. The van der Waals surface area contributed by atoms with E-state index in [1.807, 2.05) is 4.90 Å². The molecule has 1 aliphatic heterocycles. The smallest absolute Gasteiger partial charge is 0.416 e. The Bertz CT molecular complexity index is 1770. The Kier molecular flexibility index (Phi) is 8.44. The van der Waals surface area contributed by atoms with Gasteiger partial charge in [0, 0.05) is 43.0 Å². The van der Waals surface area contributed by atoms with Crippen molar-refractivity contribution in [1.82, 2.24) is 25.1 Å². The van der Waals surface area contributed by atoms with Crippen molar-refractivity contribution < 1.29 is 44.7 Å². The van der Waals surface area contributed by atoms with Crippen molar-refractivity contribution >= 4 is 17.5 Å². The lowest BCUT2D eigenvalue weighted by Gasteiger charge is -2.23. The first-order valence-corrected chi connectivity index (χ1v) is 14.5. The molecule has 9 nitrogen and oxygen atoms in total. The van der Waals surface area contributed by atoms with Gasteiger partial charge in [-0.1, -0.05) is 6.07 Å². The molecule has 246 valence electrons. The third-order valence-electron chi connectivity index (χ3n) is 8.04. The summed E-state index contributed by atoms with van der Waals surface area (Å²) in [4.78, 5) is 37.2. The average Bonchev–Trinajstić information content (AvgIpc) is 3.56. The van der Waals surface area contributed by atoms with Crippen LogP contribution in [-0.2, 0) is 34.9 Å². The molecule has 47 heavy (non-hydrogen) atoms. The van der Waals surface area contributed by atoms with Crippen LogP contribution in [-0.4, -0.2) is 50.0 Å². The average molecular weight is 663 g/mol. The van der Waals surface area contributed by atoms with E-state index >= 15 is 0 Å². The second-order valence-corrected chi connectivity index (χ2v) is 11.4. The maximum atomic E-state index is 13.7. The van der Waals surface area contributed by atoms with Crippen molar-refractivity contribution in [2.24, 2.45) is 5.92 Å². The molecule has 2 aliphatic rings. The summed E-state index contributed by atoms with van der Waals surface area (Å²) in [6.07, 6.45) is -5.33. The summed E-state index contributed by atoms with van der Waals surface area (Å²) in [5.74, 6) is -1.45. The van der Waals surface area contributed by atoms with E-state index in [0.717, 1.165) is 41.9 Å². The number of carbonyl (C=O) groups is 2. The van der Waals surface area contributed by atoms with Gasteiger partial charge in [0.2, 0.25) is 23.5 Å². The van der Waals surface area contributed by atoms with Crippen LogP contribution in [0.15, 0.2) is 59.3 Å². The van der Waals surface area contributed by atoms with Gasteiger partial charge >= 0.3 is 12.4 Å². The molecule has 0 bridgehead atoms. The molecule has 2 fully saturated rings. The summed E-state index contributed by atoms with van der Waals surface area (Å²) in [5.41, 5.74) is -2.93. The van der Waals surface area contributed by atoms with Crippen molar-refractivity contribution in [3.63, 3.8) is 0 Å². The first-order valence-electron chi connectivity index (χ1n) is 14.5. The Balaban J connectivity index is 1.20. The van der Waals surface area contributed by atoms with E-state index < -0.39 is 53.7 Å². The van der Waals surface area contributed by atoms with Gasteiger partial charge in [-0.05, 0) is 66.8 Å². The predicted octanol–water partition coefficient (Wildman–Crippen LogP) is 6.21. The highest BCUT2D eigenvalue weighted by Crippen LogP contribution is 2.38. The highest BCUT2D eigenvalue weighted by Gasteiger charge is 2.39. The zero-order chi connectivity index (χ0) is 33.5. The number of alkyl halides is 6. The van der Waals surface area contributed by atoms with Gasteiger partial charge < -0.3 is 14.2 Å². The summed E-state index contributed by atoms with van der Waals surface area (Å²) in [7, 11) is 0. The van der Waals surface area contributed by atoms with Crippen LogP contribution in [0, 0.1) is 11.7 Å². The second kappa shape index (κ2) is 12.4. The lowest BCUT2D eigenvalue weighted by atomic mass is 10.00. The number of amides is 2. The molecule has 1 saturated carbocycles. The molecule has 2 aromatic carbocycles. The third-order valence-corrected chi connectivity index (χ3v) is 8.04. The van der Waals surface area contributed by atoms with E-state index in [2.05, 4.69) is 20.2 Å². The molecule has 1 aliphatic carbocycles. The predicted molar refractivity (Wildman–Crippen MR) is 150 cm³/mol. The molecule has 0 N–H and O–H groups in total.